The lowest BCUT2D eigenvalue weighted by Gasteiger charge is -2.32. The van der Waals surface area contributed by atoms with Crippen molar-refractivity contribution in [2.45, 2.75) is 25.3 Å². The van der Waals surface area contributed by atoms with Gasteiger partial charge in [-0.3, -0.25) is 4.79 Å². The van der Waals surface area contributed by atoms with Crippen LogP contribution in [0.1, 0.15) is 30.4 Å². The molecule has 9 nitrogen and oxygen atoms in total. The third-order valence-electron chi connectivity index (χ3n) is 4.01. The van der Waals surface area contributed by atoms with E-state index in [4.69, 9.17) is 5.73 Å². The summed E-state index contributed by atoms with van der Waals surface area (Å²) in [5, 5.41) is 10.9. The van der Waals surface area contributed by atoms with Crippen LogP contribution < -0.4 is 11.1 Å². The number of amides is 3. The van der Waals surface area contributed by atoms with Gasteiger partial charge in [0.05, 0.1) is 13.1 Å². The first-order valence-corrected chi connectivity index (χ1v) is 7.72. The molecule has 3 amide bonds. The first-order valence-electron chi connectivity index (χ1n) is 7.72. The number of nitrogens with zero attached hydrogens (tertiary/aromatic N) is 5. The number of rotatable bonds is 5. The standard InChI is InChI=1S/C14H25N7O2/c1-19(2)9-11-17-18-13(20(11)3)10-5-4-6-21(8-10)12(22)7-16-14(15)23/h10H,4-9H2,1-3H3,(H3,15,16,23)/t10-/m1/s1. The summed E-state index contributed by atoms with van der Waals surface area (Å²) in [5.41, 5.74) is 5.00. The molecule has 1 aliphatic rings. The minimum Gasteiger partial charge on any atom is -0.352 e. The second-order valence-corrected chi connectivity index (χ2v) is 6.17. The molecular weight excluding hydrogens is 298 g/mol. The van der Waals surface area contributed by atoms with Crippen LogP contribution >= 0.6 is 0 Å². The van der Waals surface area contributed by atoms with Crippen LogP contribution in [0.5, 0.6) is 0 Å². The summed E-state index contributed by atoms with van der Waals surface area (Å²) in [4.78, 5) is 26.6. The number of hydrogen-bond acceptors (Lipinski definition) is 5. The smallest absolute Gasteiger partial charge is 0.312 e. The first-order chi connectivity index (χ1) is 10.9. The monoisotopic (exact) mass is 323 g/mol. The number of urea groups is 1. The molecule has 0 saturated carbocycles. The fourth-order valence-electron chi connectivity index (χ4n) is 2.84. The van der Waals surface area contributed by atoms with Gasteiger partial charge in [0.25, 0.3) is 0 Å². The molecule has 1 saturated heterocycles. The van der Waals surface area contributed by atoms with E-state index in [-0.39, 0.29) is 18.4 Å². The van der Waals surface area contributed by atoms with E-state index >= 15 is 0 Å². The molecule has 1 fully saturated rings. The third-order valence-corrected chi connectivity index (χ3v) is 4.01. The molecule has 3 N–H and O–H groups in total. The van der Waals surface area contributed by atoms with Gasteiger partial charge in [0.1, 0.15) is 11.6 Å². The highest BCUT2D eigenvalue weighted by atomic mass is 16.2. The molecule has 9 heteroatoms. The van der Waals surface area contributed by atoms with Crippen LogP contribution in [-0.4, -0.2) is 70.2 Å². The lowest BCUT2D eigenvalue weighted by molar-refractivity contribution is -0.131. The average molecular weight is 323 g/mol. The number of hydrogen-bond donors (Lipinski definition) is 2. The van der Waals surface area contributed by atoms with Gasteiger partial charge in [-0.05, 0) is 26.9 Å². The van der Waals surface area contributed by atoms with Gasteiger partial charge in [-0.2, -0.15) is 0 Å². The molecule has 0 bridgehead atoms. The van der Waals surface area contributed by atoms with E-state index in [0.29, 0.717) is 13.1 Å². The van der Waals surface area contributed by atoms with Crippen LogP contribution in [0.25, 0.3) is 0 Å². The highest BCUT2D eigenvalue weighted by Crippen LogP contribution is 2.25. The first kappa shape index (κ1) is 17.2. The molecule has 0 unspecified atom stereocenters. The van der Waals surface area contributed by atoms with E-state index in [1.165, 1.54) is 0 Å². The quantitative estimate of drug-likeness (QED) is 0.741. The number of carbonyl (C=O) groups excluding carboxylic acids is 2. The summed E-state index contributed by atoms with van der Waals surface area (Å²) >= 11 is 0. The SMILES string of the molecule is CN(C)Cc1nnc([C@@H]2CCCN(C(=O)CNC(N)=O)C2)n1C. The molecule has 0 radical (unpaired) electrons. The van der Waals surface area contributed by atoms with Gasteiger partial charge in [-0.25, -0.2) is 4.79 Å². The molecule has 1 aromatic heterocycles. The molecule has 1 aliphatic heterocycles. The Morgan fingerprint density at radius 1 is 1.39 bits per heavy atom. The zero-order valence-electron chi connectivity index (χ0n) is 13.9. The predicted octanol–water partition coefficient (Wildman–Crippen LogP) is -0.749. The van der Waals surface area contributed by atoms with Crippen LogP contribution in [0.2, 0.25) is 0 Å². The number of likely N-dealkylation sites (tertiary alicyclic amines) is 1. The molecule has 1 aromatic rings. The number of carbonyl (C=O) groups is 2. The second kappa shape index (κ2) is 7.40. The van der Waals surface area contributed by atoms with Gasteiger partial charge in [0, 0.05) is 26.1 Å². The summed E-state index contributed by atoms with van der Waals surface area (Å²) in [6.45, 7) is 1.94. The van der Waals surface area contributed by atoms with Crippen molar-refractivity contribution in [2.75, 3.05) is 33.7 Å². The number of primary amides is 1. The Kier molecular flexibility index (Phi) is 5.54. The largest absolute Gasteiger partial charge is 0.352 e. The van der Waals surface area contributed by atoms with E-state index < -0.39 is 6.03 Å². The Balaban J connectivity index is 2.02. The molecule has 128 valence electrons. The van der Waals surface area contributed by atoms with Gasteiger partial charge in [-0.1, -0.05) is 0 Å². The molecule has 2 rings (SSSR count). The Morgan fingerprint density at radius 2 is 2.13 bits per heavy atom. The molecule has 0 spiro atoms. The van der Waals surface area contributed by atoms with Crippen LogP contribution in [0.4, 0.5) is 4.79 Å². The topological polar surface area (TPSA) is 109 Å². The fourth-order valence-corrected chi connectivity index (χ4v) is 2.84. The molecular formula is C14H25N7O2. The highest BCUT2D eigenvalue weighted by molar-refractivity contribution is 5.83. The number of piperidine rings is 1. The number of aromatic nitrogens is 3. The highest BCUT2D eigenvalue weighted by Gasteiger charge is 2.28. The zero-order valence-corrected chi connectivity index (χ0v) is 13.9. The fraction of sp³-hybridized carbons (Fsp3) is 0.714. The van der Waals surface area contributed by atoms with Gasteiger partial charge in [0.15, 0.2) is 0 Å². The van der Waals surface area contributed by atoms with Crippen LogP contribution in [-0.2, 0) is 18.4 Å². The van der Waals surface area contributed by atoms with E-state index in [9.17, 15) is 9.59 Å². The summed E-state index contributed by atoms with van der Waals surface area (Å²) in [6, 6.07) is -0.687. The minimum atomic E-state index is -0.687. The van der Waals surface area contributed by atoms with Gasteiger partial charge < -0.3 is 25.4 Å². The predicted molar refractivity (Wildman–Crippen MR) is 84.5 cm³/mol. The van der Waals surface area contributed by atoms with Crippen LogP contribution in [0.3, 0.4) is 0 Å². The second-order valence-electron chi connectivity index (χ2n) is 6.17. The maximum Gasteiger partial charge on any atom is 0.312 e. The third kappa shape index (κ3) is 4.41. The average Bonchev–Trinajstić information content (AvgIpc) is 2.85. The molecule has 2 heterocycles. The molecule has 1 atom stereocenters. The summed E-state index contributed by atoms with van der Waals surface area (Å²) in [7, 11) is 5.94. The number of nitrogens with one attached hydrogen (secondary N) is 1. The van der Waals surface area contributed by atoms with E-state index in [1.807, 2.05) is 30.6 Å². The van der Waals surface area contributed by atoms with Crippen molar-refractivity contribution in [2.24, 2.45) is 12.8 Å². The van der Waals surface area contributed by atoms with E-state index in [1.54, 1.807) is 4.90 Å². The molecule has 23 heavy (non-hydrogen) atoms. The number of nitrogens with two attached hydrogens (primary N) is 1. The summed E-state index contributed by atoms with van der Waals surface area (Å²) < 4.78 is 2.01. The van der Waals surface area contributed by atoms with E-state index in [0.717, 1.165) is 31.0 Å². The lowest BCUT2D eigenvalue weighted by Crippen LogP contribution is -2.45. The van der Waals surface area contributed by atoms with Gasteiger partial charge in [-0.15, -0.1) is 10.2 Å². The van der Waals surface area contributed by atoms with Crippen molar-refractivity contribution in [3.8, 4) is 0 Å². The van der Waals surface area contributed by atoms with Crippen LogP contribution in [0.15, 0.2) is 0 Å². The Morgan fingerprint density at radius 3 is 2.78 bits per heavy atom. The maximum absolute atomic E-state index is 12.1. The molecule has 0 aliphatic carbocycles. The minimum absolute atomic E-state index is 0.0627. The Hall–Kier alpha value is -2.16. The van der Waals surface area contributed by atoms with Crippen molar-refractivity contribution < 1.29 is 9.59 Å². The van der Waals surface area contributed by atoms with Gasteiger partial charge >= 0.3 is 6.03 Å². The van der Waals surface area contributed by atoms with Crippen LogP contribution in [0, 0.1) is 0 Å². The summed E-state index contributed by atoms with van der Waals surface area (Å²) in [6.07, 6.45) is 1.88. The lowest BCUT2D eigenvalue weighted by atomic mass is 9.97. The normalized spacial score (nSPS) is 18.3. The maximum atomic E-state index is 12.1. The zero-order chi connectivity index (χ0) is 17.0. The Bertz CT molecular complexity index is 569. The van der Waals surface area contributed by atoms with Crippen molar-refractivity contribution >= 4 is 11.9 Å². The Labute approximate surface area is 135 Å². The summed E-state index contributed by atoms with van der Waals surface area (Å²) in [5.74, 6) is 1.85. The van der Waals surface area contributed by atoms with Crippen molar-refractivity contribution in [3.63, 3.8) is 0 Å². The van der Waals surface area contributed by atoms with E-state index in [2.05, 4.69) is 15.5 Å². The van der Waals surface area contributed by atoms with Crippen molar-refractivity contribution in [1.29, 1.82) is 0 Å². The van der Waals surface area contributed by atoms with Crippen molar-refractivity contribution in [3.05, 3.63) is 11.6 Å². The van der Waals surface area contributed by atoms with Gasteiger partial charge in [0.2, 0.25) is 5.91 Å². The molecule has 0 aromatic carbocycles. The van der Waals surface area contributed by atoms with Crippen molar-refractivity contribution in [1.82, 2.24) is 29.9 Å².